The Morgan fingerprint density at radius 3 is 2.50 bits per heavy atom. The highest BCUT2D eigenvalue weighted by molar-refractivity contribution is 6.33. The van der Waals surface area contributed by atoms with E-state index >= 15 is 0 Å². The number of hydrogen-bond acceptors (Lipinski definition) is 2. The molecule has 0 radical (unpaired) electrons. The van der Waals surface area contributed by atoms with Crippen LogP contribution in [0, 0.1) is 6.92 Å². The number of anilines is 1. The predicted octanol–water partition coefficient (Wildman–Crippen LogP) is 5.24. The Hall–Kier alpha value is -2.17. The molecule has 1 N–H and O–H groups in total. The van der Waals surface area contributed by atoms with E-state index in [2.05, 4.69) is 9.88 Å². The standard InChI is InChI=1S/C22H23Cl2N3O/c1-14(21-15(2)25-19-13-16(23)7-8-17(19)21)22(28)27-11-9-26(10-12-27)20-6-4-3-5-18(20)24/h3-8,13-14,25H,9-12H2,1-2H3. The van der Waals surface area contributed by atoms with Crippen LogP contribution >= 0.6 is 23.2 Å². The summed E-state index contributed by atoms with van der Waals surface area (Å²) >= 11 is 12.4. The summed E-state index contributed by atoms with van der Waals surface area (Å²) in [4.78, 5) is 20.8. The molecule has 4 rings (SSSR count). The summed E-state index contributed by atoms with van der Waals surface area (Å²) in [5, 5.41) is 2.51. The topological polar surface area (TPSA) is 39.3 Å². The van der Waals surface area contributed by atoms with Crippen molar-refractivity contribution in [2.45, 2.75) is 19.8 Å². The number of benzene rings is 2. The van der Waals surface area contributed by atoms with Crippen molar-refractivity contribution < 1.29 is 4.79 Å². The van der Waals surface area contributed by atoms with Gasteiger partial charge in [-0.25, -0.2) is 0 Å². The number of nitrogens with zero attached hydrogens (tertiary/aromatic N) is 2. The van der Waals surface area contributed by atoms with E-state index in [0.29, 0.717) is 18.1 Å². The quantitative estimate of drug-likeness (QED) is 0.635. The van der Waals surface area contributed by atoms with E-state index in [0.717, 1.165) is 46.0 Å². The van der Waals surface area contributed by atoms with Gasteiger partial charge in [0.25, 0.3) is 0 Å². The number of aromatic amines is 1. The second kappa shape index (κ2) is 7.69. The molecule has 28 heavy (non-hydrogen) atoms. The number of rotatable bonds is 3. The molecule has 0 bridgehead atoms. The summed E-state index contributed by atoms with van der Waals surface area (Å²) in [7, 11) is 0. The molecular weight excluding hydrogens is 393 g/mol. The van der Waals surface area contributed by atoms with Gasteiger partial charge in [-0.15, -0.1) is 0 Å². The first-order chi connectivity index (χ1) is 13.5. The molecule has 146 valence electrons. The molecule has 1 amide bonds. The van der Waals surface area contributed by atoms with Crippen molar-refractivity contribution in [1.82, 2.24) is 9.88 Å². The van der Waals surface area contributed by atoms with Gasteiger partial charge < -0.3 is 14.8 Å². The smallest absolute Gasteiger partial charge is 0.230 e. The fourth-order valence-electron chi connectivity index (χ4n) is 4.16. The Labute approximate surface area is 175 Å². The fraction of sp³-hybridized carbons (Fsp3) is 0.318. The van der Waals surface area contributed by atoms with Gasteiger partial charge in [-0.05, 0) is 43.7 Å². The largest absolute Gasteiger partial charge is 0.367 e. The van der Waals surface area contributed by atoms with Crippen molar-refractivity contribution in [3.8, 4) is 0 Å². The van der Waals surface area contributed by atoms with Crippen LogP contribution in [0.4, 0.5) is 5.69 Å². The number of aromatic nitrogens is 1. The molecule has 1 atom stereocenters. The van der Waals surface area contributed by atoms with Gasteiger partial charge in [-0.3, -0.25) is 4.79 Å². The maximum Gasteiger partial charge on any atom is 0.230 e. The zero-order valence-corrected chi connectivity index (χ0v) is 17.5. The summed E-state index contributed by atoms with van der Waals surface area (Å²) in [5.41, 5.74) is 4.09. The molecular formula is C22H23Cl2N3O. The Bertz CT molecular complexity index is 1020. The van der Waals surface area contributed by atoms with E-state index in [4.69, 9.17) is 23.2 Å². The molecule has 0 saturated carbocycles. The molecule has 1 unspecified atom stereocenters. The molecule has 1 aliphatic rings. The maximum absolute atomic E-state index is 13.2. The number of para-hydroxylation sites is 1. The monoisotopic (exact) mass is 415 g/mol. The van der Waals surface area contributed by atoms with Crippen molar-refractivity contribution in [3.05, 3.63) is 63.8 Å². The van der Waals surface area contributed by atoms with Gasteiger partial charge in [0.1, 0.15) is 0 Å². The van der Waals surface area contributed by atoms with Gasteiger partial charge in [0.15, 0.2) is 0 Å². The molecule has 1 fully saturated rings. The van der Waals surface area contributed by atoms with Crippen LogP contribution in [0.5, 0.6) is 0 Å². The summed E-state index contributed by atoms with van der Waals surface area (Å²) < 4.78 is 0. The highest BCUT2D eigenvalue weighted by Crippen LogP contribution is 2.32. The number of hydrogen-bond donors (Lipinski definition) is 1. The van der Waals surface area contributed by atoms with Crippen LogP contribution in [0.2, 0.25) is 10.0 Å². The predicted molar refractivity (Wildman–Crippen MR) is 117 cm³/mol. The fourth-order valence-corrected chi connectivity index (χ4v) is 4.58. The Balaban J connectivity index is 1.50. The minimum absolute atomic E-state index is 0.165. The molecule has 2 heterocycles. The number of carbonyl (C=O) groups is 1. The molecule has 3 aromatic rings. The SMILES string of the molecule is Cc1[nH]c2cc(Cl)ccc2c1C(C)C(=O)N1CCN(c2ccccc2Cl)CC1. The van der Waals surface area contributed by atoms with Crippen LogP contribution in [0.15, 0.2) is 42.5 Å². The second-order valence-electron chi connectivity index (χ2n) is 7.34. The second-order valence-corrected chi connectivity index (χ2v) is 8.18. The van der Waals surface area contributed by atoms with Crippen LogP contribution in [-0.4, -0.2) is 42.0 Å². The number of H-pyrrole nitrogens is 1. The number of aryl methyl sites for hydroxylation is 1. The number of fused-ring (bicyclic) bond motifs is 1. The van der Waals surface area contributed by atoms with Crippen LogP contribution in [-0.2, 0) is 4.79 Å². The zero-order chi connectivity index (χ0) is 19.8. The minimum Gasteiger partial charge on any atom is -0.367 e. The highest BCUT2D eigenvalue weighted by Gasteiger charge is 2.29. The first kappa shape index (κ1) is 19.2. The summed E-state index contributed by atoms with van der Waals surface area (Å²) in [6.45, 7) is 6.97. The molecule has 4 nitrogen and oxygen atoms in total. The van der Waals surface area contributed by atoms with Gasteiger partial charge >= 0.3 is 0 Å². The van der Waals surface area contributed by atoms with E-state index in [1.54, 1.807) is 0 Å². The number of carbonyl (C=O) groups excluding carboxylic acids is 1. The summed E-state index contributed by atoms with van der Waals surface area (Å²) in [6, 6.07) is 13.6. The van der Waals surface area contributed by atoms with Gasteiger partial charge in [-0.1, -0.05) is 41.4 Å². The molecule has 6 heteroatoms. The number of amides is 1. The van der Waals surface area contributed by atoms with E-state index in [1.165, 1.54) is 0 Å². The van der Waals surface area contributed by atoms with Gasteiger partial charge in [0, 0.05) is 47.8 Å². The molecule has 0 aliphatic carbocycles. The van der Waals surface area contributed by atoms with Crippen LogP contribution in [0.3, 0.4) is 0 Å². The lowest BCUT2D eigenvalue weighted by molar-refractivity contribution is -0.132. The van der Waals surface area contributed by atoms with Crippen molar-refractivity contribution >= 4 is 45.7 Å². The van der Waals surface area contributed by atoms with Crippen LogP contribution in [0.25, 0.3) is 10.9 Å². The van der Waals surface area contributed by atoms with Crippen molar-refractivity contribution in [1.29, 1.82) is 0 Å². The lowest BCUT2D eigenvalue weighted by Crippen LogP contribution is -2.50. The van der Waals surface area contributed by atoms with E-state index < -0.39 is 0 Å². The molecule has 1 aromatic heterocycles. The third-order valence-corrected chi connectivity index (χ3v) is 6.14. The Morgan fingerprint density at radius 2 is 1.79 bits per heavy atom. The van der Waals surface area contributed by atoms with Gasteiger partial charge in [-0.2, -0.15) is 0 Å². The Kier molecular flexibility index (Phi) is 5.26. The van der Waals surface area contributed by atoms with Crippen LogP contribution < -0.4 is 4.90 Å². The van der Waals surface area contributed by atoms with Gasteiger partial charge in [0.2, 0.25) is 5.91 Å². The third kappa shape index (κ3) is 3.47. The maximum atomic E-state index is 13.2. The molecule has 1 aliphatic heterocycles. The van der Waals surface area contributed by atoms with Crippen LogP contribution in [0.1, 0.15) is 24.1 Å². The molecule has 0 spiro atoms. The number of piperazine rings is 1. The van der Waals surface area contributed by atoms with Crippen molar-refractivity contribution in [2.24, 2.45) is 0 Å². The highest BCUT2D eigenvalue weighted by atomic mass is 35.5. The summed E-state index contributed by atoms with van der Waals surface area (Å²) in [6.07, 6.45) is 0. The zero-order valence-electron chi connectivity index (χ0n) is 16.0. The Morgan fingerprint density at radius 1 is 1.07 bits per heavy atom. The average molecular weight is 416 g/mol. The van der Waals surface area contributed by atoms with Gasteiger partial charge in [0.05, 0.1) is 16.6 Å². The minimum atomic E-state index is -0.207. The summed E-state index contributed by atoms with van der Waals surface area (Å²) in [5.74, 6) is -0.0421. The average Bonchev–Trinajstić information content (AvgIpc) is 3.02. The van der Waals surface area contributed by atoms with E-state index in [-0.39, 0.29) is 11.8 Å². The normalized spacial score (nSPS) is 15.9. The lowest BCUT2D eigenvalue weighted by atomic mass is 9.96. The first-order valence-corrected chi connectivity index (χ1v) is 10.3. The van der Waals surface area contributed by atoms with Crippen molar-refractivity contribution in [2.75, 3.05) is 31.1 Å². The third-order valence-electron chi connectivity index (χ3n) is 5.59. The molecule has 1 saturated heterocycles. The van der Waals surface area contributed by atoms with E-state index in [1.807, 2.05) is 61.2 Å². The molecule has 2 aromatic carbocycles. The number of halogens is 2. The van der Waals surface area contributed by atoms with Crippen molar-refractivity contribution in [3.63, 3.8) is 0 Å². The lowest BCUT2D eigenvalue weighted by Gasteiger charge is -2.37. The number of nitrogens with one attached hydrogen (secondary N) is 1. The van der Waals surface area contributed by atoms with E-state index in [9.17, 15) is 4.79 Å². The first-order valence-electron chi connectivity index (χ1n) is 9.51.